The van der Waals surface area contributed by atoms with Crippen molar-refractivity contribution in [3.63, 3.8) is 0 Å². The molecule has 2 fully saturated rings. The number of nitrogens with zero attached hydrogens (tertiary/aromatic N) is 1. The largest absolute Gasteiger partial charge is 0.410 e. The molecule has 1 aliphatic heterocycles. The van der Waals surface area contributed by atoms with Gasteiger partial charge in [0.2, 0.25) is 0 Å². The van der Waals surface area contributed by atoms with Crippen LogP contribution in [0.1, 0.15) is 39.5 Å². The summed E-state index contributed by atoms with van der Waals surface area (Å²) in [5.41, 5.74) is 0. The lowest BCUT2D eigenvalue weighted by molar-refractivity contribution is 0.0141. The van der Waals surface area contributed by atoms with E-state index in [1.54, 1.807) is 14.2 Å². The maximum atomic E-state index is 5.61. The van der Waals surface area contributed by atoms with Crippen LogP contribution in [0.15, 0.2) is 0 Å². The van der Waals surface area contributed by atoms with Crippen molar-refractivity contribution >= 4 is 9.45 Å². The molecule has 0 spiro atoms. The molecule has 17 heavy (non-hydrogen) atoms. The van der Waals surface area contributed by atoms with E-state index in [2.05, 4.69) is 18.4 Å². The second-order valence-electron chi connectivity index (χ2n) is 5.83. The topological polar surface area (TPSA) is 21.7 Å². The van der Waals surface area contributed by atoms with Crippen LogP contribution in [0.5, 0.6) is 0 Å². The number of fused-ring (bicyclic) bond motifs is 1. The monoisotopic (exact) mass is 257 g/mol. The quantitative estimate of drug-likeness (QED) is 0.723. The van der Waals surface area contributed by atoms with Gasteiger partial charge in [-0.3, -0.25) is 4.57 Å². The Morgan fingerprint density at radius 3 is 2.35 bits per heavy atom. The van der Waals surface area contributed by atoms with Crippen molar-refractivity contribution in [3.05, 3.63) is 0 Å². The predicted octanol–water partition coefficient (Wildman–Crippen LogP) is 2.14. The van der Waals surface area contributed by atoms with Gasteiger partial charge in [0.15, 0.2) is 0 Å². The second kappa shape index (κ2) is 5.82. The van der Waals surface area contributed by atoms with Crippen LogP contribution in [0.3, 0.4) is 0 Å². The van der Waals surface area contributed by atoms with Crippen LogP contribution in [0.4, 0.5) is 0 Å². The van der Waals surface area contributed by atoms with Gasteiger partial charge in [0.1, 0.15) is 0 Å². The minimum Gasteiger partial charge on any atom is -0.388 e. The van der Waals surface area contributed by atoms with Gasteiger partial charge in [-0.1, -0.05) is 26.7 Å². The third kappa shape index (κ3) is 2.60. The normalized spacial score (nSPS) is 39.4. The highest BCUT2D eigenvalue weighted by Crippen LogP contribution is 2.41. The van der Waals surface area contributed by atoms with E-state index in [9.17, 15) is 0 Å². The average molecular weight is 257 g/mol. The Labute approximate surface area is 107 Å². The van der Waals surface area contributed by atoms with Gasteiger partial charge in [-0.2, -0.15) is 0 Å². The predicted molar refractivity (Wildman–Crippen MR) is 71.9 cm³/mol. The molecule has 2 aliphatic rings. The van der Waals surface area contributed by atoms with Crippen LogP contribution in [0, 0.1) is 17.8 Å². The van der Waals surface area contributed by atoms with Crippen molar-refractivity contribution in [1.82, 2.24) is 4.57 Å². The molecule has 1 saturated carbocycles. The number of piperidine rings is 1. The van der Waals surface area contributed by atoms with Crippen LogP contribution in [-0.4, -0.2) is 40.8 Å². The molecule has 1 heterocycles. The first-order chi connectivity index (χ1) is 8.19. The Balaban J connectivity index is 2.14. The molecule has 0 aromatic carbocycles. The fraction of sp³-hybridized carbons (Fsp3) is 1.00. The number of hydrogen-bond donors (Lipinski definition) is 0. The maximum absolute atomic E-state index is 5.61. The average Bonchev–Trinajstić information content (AvgIpc) is 2.37. The molecule has 100 valence electrons. The summed E-state index contributed by atoms with van der Waals surface area (Å²) in [6.07, 6.45) is 5.55. The van der Waals surface area contributed by atoms with Crippen molar-refractivity contribution < 1.29 is 8.85 Å². The summed E-state index contributed by atoms with van der Waals surface area (Å²) < 4.78 is 13.8. The van der Waals surface area contributed by atoms with E-state index in [1.165, 1.54) is 32.2 Å². The first kappa shape index (κ1) is 13.5. The van der Waals surface area contributed by atoms with E-state index < -0.39 is 9.45 Å². The molecule has 4 atom stereocenters. The van der Waals surface area contributed by atoms with E-state index in [-0.39, 0.29) is 0 Å². The molecule has 0 radical (unpaired) electrons. The first-order valence-corrected chi connectivity index (χ1v) is 8.46. The lowest BCUT2D eigenvalue weighted by Gasteiger charge is -2.51. The summed E-state index contributed by atoms with van der Waals surface area (Å²) in [5, 5.41) is 0. The molecule has 0 N–H and O–H groups in total. The molecule has 1 aliphatic carbocycles. The summed E-state index contributed by atoms with van der Waals surface area (Å²) in [7, 11) is 2.01. The molecular weight excluding hydrogens is 230 g/mol. The lowest BCUT2D eigenvalue weighted by Crippen LogP contribution is -2.59. The third-order valence-corrected chi connectivity index (χ3v) is 6.90. The molecule has 0 amide bonds. The molecule has 0 aromatic rings. The zero-order chi connectivity index (χ0) is 12.4. The van der Waals surface area contributed by atoms with Gasteiger partial charge < -0.3 is 8.85 Å². The van der Waals surface area contributed by atoms with Gasteiger partial charge in [0.05, 0.1) is 0 Å². The zero-order valence-electron chi connectivity index (χ0n) is 11.7. The van der Waals surface area contributed by atoms with Crippen LogP contribution >= 0.6 is 0 Å². The zero-order valence-corrected chi connectivity index (χ0v) is 12.8. The highest BCUT2D eigenvalue weighted by Gasteiger charge is 2.44. The van der Waals surface area contributed by atoms with Gasteiger partial charge in [0.25, 0.3) is 0 Å². The lowest BCUT2D eigenvalue weighted by atomic mass is 9.70. The first-order valence-electron chi connectivity index (χ1n) is 7.00. The molecule has 0 bridgehead atoms. The van der Waals surface area contributed by atoms with E-state index in [0.717, 1.165) is 23.8 Å². The Kier molecular flexibility index (Phi) is 4.63. The smallest absolute Gasteiger partial charge is 0.388 e. The van der Waals surface area contributed by atoms with E-state index in [0.29, 0.717) is 0 Å². The minimum absolute atomic E-state index is 0.728. The third-order valence-electron chi connectivity index (χ3n) is 4.95. The Morgan fingerprint density at radius 1 is 1.06 bits per heavy atom. The highest BCUT2D eigenvalue weighted by molar-refractivity contribution is 6.41. The molecule has 3 nitrogen and oxygen atoms in total. The Morgan fingerprint density at radius 2 is 1.71 bits per heavy atom. The fourth-order valence-electron chi connectivity index (χ4n) is 3.83. The number of hydrogen-bond acceptors (Lipinski definition) is 3. The molecule has 4 heteroatoms. The summed E-state index contributed by atoms with van der Waals surface area (Å²) in [4.78, 5) is 0. The SMILES string of the molecule is CO[SiH](OC)N1CC(C)C(C)C2CCCCC21. The summed E-state index contributed by atoms with van der Waals surface area (Å²) in [6, 6.07) is 0.728. The summed E-state index contributed by atoms with van der Waals surface area (Å²) >= 11 is 0. The van der Waals surface area contributed by atoms with Crippen LogP contribution in [0.2, 0.25) is 0 Å². The van der Waals surface area contributed by atoms with Crippen LogP contribution in [-0.2, 0) is 8.85 Å². The minimum atomic E-state index is -1.60. The van der Waals surface area contributed by atoms with E-state index in [4.69, 9.17) is 8.85 Å². The highest BCUT2D eigenvalue weighted by atomic mass is 28.3. The molecule has 2 rings (SSSR count). The summed E-state index contributed by atoms with van der Waals surface area (Å²) in [5.74, 6) is 2.50. The van der Waals surface area contributed by atoms with Gasteiger partial charge in [-0.05, 0) is 37.1 Å². The van der Waals surface area contributed by atoms with Gasteiger partial charge in [0, 0.05) is 20.3 Å². The van der Waals surface area contributed by atoms with Crippen molar-refractivity contribution in [3.8, 4) is 0 Å². The van der Waals surface area contributed by atoms with Gasteiger partial charge in [-0.25, -0.2) is 0 Å². The molecule has 4 unspecified atom stereocenters. The van der Waals surface area contributed by atoms with E-state index in [1.807, 2.05) is 0 Å². The van der Waals surface area contributed by atoms with Crippen LogP contribution in [0.25, 0.3) is 0 Å². The van der Waals surface area contributed by atoms with Gasteiger partial charge in [-0.15, -0.1) is 0 Å². The molecular formula is C13H27NO2Si. The van der Waals surface area contributed by atoms with Crippen molar-refractivity contribution in [1.29, 1.82) is 0 Å². The Bertz CT molecular complexity index is 248. The summed E-state index contributed by atoms with van der Waals surface area (Å²) in [6.45, 7) is 6.00. The fourth-order valence-corrected chi connectivity index (χ4v) is 5.75. The second-order valence-corrected chi connectivity index (χ2v) is 8.05. The van der Waals surface area contributed by atoms with Crippen molar-refractivity contribution in [2.24, 2.45) is 17.8 Å². The standard InChI is InChI=1S/C13H27NO2Si/c1-10-9-14(17(15-3)16-4)13-8-6-5-7-12(13)11(10)2/h10-13,17H,5-9H2,1-4H3. The van der Waals surface area contributed by atoms with Crippen molar-refractivity contribution in [2.45, 2.75) is 45.6 Å². The van der Waals surface area contributed by atoms with Gasteiger partial charge >= 0.3 is 9.45 Å². The van der Waals surface area contributed by atoms with E-state index >= 15 is 0 Å². The maximum Gasteiger partial charge on any atom is 0.410 e. The van der Waals surface area contributed by atoms with Crippen molar-refractivity contribution in [2.75, 3.05) is 20.8 Å². The van der Waals surface area contributed by atoms with Crippen LogP contribution < -0.4 is 0 Å². The molecule has 1 saturated heterocycles. The molecule has 0 aromatic heterocycles. The Hall–Kier alpha value is 0.0969. The number of rotatable bonds is 3.